The molecule has 0 fully saturated rings. The van der Waals surface area contributed by atoms with Crippen molar-refractivity contribution in [1.29, 1.82) is 0 Å². The maximum Gasteiger partial charge on any atom is 0.182 e. The van der Waals surface area contributed by atoms with Gasteiger partial charge >= 0.3 is 0 Å². The topological polar surface area (TPSA) is 82.5 Å². The molecule has 0 aliphatic carbocycles. The molecule has 6 nitrogen and oxygen atoms in total. The number of phenols is 1. The largest absolute Gasteiger partial charge is 0.506 e. The number of benzene rings is 1. The second kappa shape index (κ2) is 4.65. The van der Waals surface area contributed by atoms with Crippen LogP contribution in [0.4, 0.5) is 11.5 Å². The van der Waals surface area contributed by atoms with Crippen molar-refractivity contribution in [1.82, 2.24) is 9.38 Å². The Morgan fingerprint density at radius 2 is 1.75 bits per heavy atom. The number of para-hydroxylation sites is 1. The van der Waals surface area contributed by atoms with Crippen LogP contribution in [0, 0.1) is 6.92 Å². The molecule has 0 saturated carbocycles. The monoisotopic (exact) mass is 268 g/mol. The molecule has 1 aromatic carbocycles. The van der Waals surface area contributed by atoms with E-state index < -0.39 is 0 Å². The Hall–Kier alpha value is -2.89. The minimum Gasteiger partial charge on any atom is -0.506 e. The minimum absolute atomic E-state index is 0.0607. The summed E-state index contributed by atoms with van der Waals surface area (Å²) >= 11 is 0. The smallest absolute Gasteiger partial charge is 0.182 e. The number of aryl methyl sites for hydroxylation is 1. The number of fused-ring (bicyclic) bond motifs is 1. The number of aromatic nitrogens is 2. The summed E-state index contributed by atoms with van der Waals surface area (Å²) in [6, 6.07) is 9.94. The normalized spacial score (nSPS) is 11.4. The molecule has 20 heavy (non-hydrogen) atoms. The van der Waals surface area contributed by atoms with Gasteiger partial charge in [0.05, 0.1) is 5.69 Å². The van der Waals surface area contributed by atoms with Gasteiger partial charge in [-0.1, -0.05) is 12.1 Å². The van der Waals surface area contributed by atoms with E-state index in [4.69, 9.17) is 0 Å². The molecule has 6 heteroatoms. The fraction of sp³-hybridized carbons (Fsp3) is 0.0714. The highest BCUT2D eigenvalue weighted by atomic mass is 16.3. The highest BCUT2D eigenvalue weighted by molar-refractivity contribution is 5.60. The number of aromatic hydroxyl groups is 2. The van der Waals surface area contributed by atoms with Gasteiger partial charge in [0, 0.05) is 6.20 Å². The summed E-state index contributed by atoms with van der Waals surface area (Å²) in [5.74, 6) is 0.657. The Bertz CT molecular complexity index is 808. The van der Waals surface area contributed by atoms with Crippen LogP contribution in [0.25, 0.3) is 5.65 Å². The van der Waals surface area contributed by atoms with Gasteiger partial charge in [0.1, 0.15) is 11.4 Å². The first-order chi connectivity index (χ1) is 9.66. The Morgan fingerprint density at radius 1 is 1.00 bits per heavy atom. The van der Waals surface area contributed by atoms with E-state index in [2.05, 4.69) is 15.2 Å². The average molecular weight is 268 g/mol. The number of nitrogens with zero attached hydrogens (tertiary/aromatic N) is 4. The SMILES string of the molecule is Cc1nc2c(O)cccn2c1N=Nc1ccccc1O. The van der Waals surface area contributed by atoms with Crippen molar-refractivity contribution in [3.05, 3.63) is 48.3 Å². The van der Waals surface area contributed by atoms with Crippen LogP contribution in [0.5, 0.6) is 11.5 Å². The van der Waals surface area contributed by atoms with E-state index in [1.54, 1.807) is 53.9 Å². The van der Waals surface area contributed by atoms with Gasteiger partial charge < -0.3 is 10.2 Å². The lowest BCUT2D eigenvalue weighted by molar-refractivity contribution is 0.476. The molecule has 0 aliphatic rings. The molecule has 0 saturated heterocycles. The number of pyridine rings is 1. The summed E-state index contributed by atoms with van der Waals surface area (Å²) in [5, 5.41) is 27.5. The van der Waals surface area contributed by atoms with Crippen molar-refractivity contribution < 1.29 is 10.2 Å². The summed E-state index contributed by atoms with van der Waals surface area (Å²) in [5.41, 5.74) is 1.45. The molecule has 2 heterocycles. The van der Waals surface area contributed by atoms with Crippen LogP contribution in [-0.4, -0.2) is 19.6 Å². The van der Waals surface area contributed by atoms with Crippen LogP contribution >= 0.6 is 0 Å². The van der Waals surface area contributed by atoms with Gasteiger partial charge in [0.15, 0.2) is 17.2 Å². The quantitative estimate of drug-likeness (QED) is 0.698. The summed E-state index contributed by atoms with van der Waals surface area (Å²) in [4.78, 5) is 4.24. The lowest BCUT2D eigenvalue weighted by Crippen LogP contribution is -1.82. The predicted octanol–water partition coefficient (Wildman–Crippen LogP) is 3.47. The molecule has 100 valence electrons. The molecule has 0 unspecified atom stereocenters. The van der Waals surface area contributed by atoms with Crippen LogP contribution in [0.15, 0.2) is 52.8 Å². The lowest BCUT2D eigenvalue weighted by Gasteiger charge is -1.98. The highest BCUT2D eigenvalue weighted by Crippen LogP contribution is 2.30. The first kappa shape index (κ1) is 12.2. The van der Waals surface area contributed by atoms with Gasteiger partial charge in [-0.25, -0.2) is 4.98 Å². The third kappa shape index (κ3) is 1.97. The second-order valence-corrected chi connectivity index (χ2v) is 4.30. The number of rotatable bonds is 2. The second-order valence-electron chi connectivity index (χ2n) is 4.30. The average Bonchev–Trinajstić information content (AvgIpc) is 2.76. The number of hydrogen-bond acceptors (Lipinski definition) is 5. The molecule has 0 radical (unpaired) electrons. The van der Waals surface area contributed by atoms with Crippen molar-refractivity contribution >= 4 is 17.2 Å². The van der Waals surface area contributed by atoms with Gasteiger partial charge in [-0.2, -0.15) is 0 Å². The Morgan fingerprint density at radius 3 is 2.55 bits per heavy atom. The Labute approximate surface area is 114 Å². The van der Waals surface area contributed by atoms with E-state index in [9.17, 15) is 10.2 Å². The van der Waals surface area contributed by atoms with E-state index in [1.807, 2.05) is 0 Å². The molecule has 2 aromatic heterocycles. The molecule has 0 amide bonds. The molecule has 2 N–H and O–H groups in total. The van der Waals surface area contributed by atoms with Crippen molar-refractivity contribution in [2.45, 2.75) is 6.92 Å². The molecule has 0 bridgehead atoms. The fourth-order valence-corrected chi connectivity index (χ4v) is 1.92. The molecular weight excluding hydrogens is 256 g/mol. The highest BCUT2D eigenvalue weighted by Gasteiger charge is 2.10. The zero-order valence-corrected chi connectivity index (χ0v) is 10.7. The molecule has 0 atom stereocenters. The van der Waals surface area contributed by atoms with E-state index in [1.165, 1.54) is 0 Å². The van der Waals surface area contributed by atoms with Gasteiger partial charge in [-0.15, -0.1) is 10.2 Å². The van der Waals surface area contributed by atoms with Crippen LogP contribution in [-0.2, 0) is 0 Å². The van der Waals surface area contributed by atoms with Crippen molar-refractivity contribution in [3.63, 3.8) is 0 Å². The number of azo groups is 1. The summed E-state index contributed by atoms with van der Waals surface area (Å²) in [6.07, 6.45) is 1.74. The molecular formula is C14H12N4O2. The third-order valence-corrected chi connectivity index (χ3v) is 2.91. The third-order valence-electron chi connectivity index (χ3n) is 2.91. The summed E-state index contributed by atoms with van der Waals surface area (Å²) in [6.45, 7) is 1.78. The van der Waals surface area contributed by atoms with E-state index in [-0.39, 0.29) is 11.5 Å². The minimum atomic E-state index is 0.0607. The van der Waals surface area contributed by atoms with Crippen LogP contribution in [0.2, 0.25) is 0 Å². The van der Waals surface area contributed by atoms with Crippen molar-refractivity contribution in [2.24, 2.45) is 10.2 Å². The zero-order valence-electron chi connectivity index (χ0n) is 10.7. The number of phenolic OH excluding ortho intramolecular Hbond substituents is 1. The van der Waals surface area contributed by atoms with Gasteiger partial charge in [-0.3, -0.25) is 4.40 Å². The summed E-state index contributed by atoms with van der Waals surface area (Å²) in [7, 11) is 0. The zero-order chi connectivity index (χ0) is 14.1. The fourth-order valence-electron chi connectivity index (χ4n) is 1.92. The summed E-state index contributed by atoms with van der Waals surface area (Å²) < 4.78 is 1.65. The molecule has 0 aliphatic heterocycles. The first-order valence-corrected chi connectivity index (χ1v) is 6.03. The molecule has 0 spiro atoms. The molecule has 3 aromatic rings. The number of hydrogen-bond donors (Lipinski definition) is 2. The van der Waals surface area contributed by atoms with Gasteiger partial charge in [0.2, 0.25) is 0 Å². The van der Waals surface area contributed by atoms with Crippen molar-refractivity contribution in [2.75, 3.05) is 0 Å². The maximum atomic E-state index is 9.74. The number of imidazole rings is 1. The Balaban J connectivity index is 2.10. The first-order valence-electron chi connectivity index (χ1n) is 6.03. The van der Waals surface area contributed by atoms with Gasteiger partial charge in [-0.05, 0) is 31.2 Å². The van der Waals surface area contributed by atoms with E-state index in [0.717, 1.165) is 0 Å². The maximum absolute atomic E-state index is 9.74. The molecule has 3 rings (SSSR count). The van der Waals surface area contributed by atoms with E-state index in [0.29, 0.717) is 22.8 Å². The van der Waals surface area contributed by atoms with Crippen molar-refractivity contribution in [3.8, 4) is 11.5 Å². The lowest BCUT2D eigenvalue weighted by atomic mass is 10.3. The van der Waals surface area contributed by atoms with E-state index >= 15 is 0 Å². The standard InChI is InChI=1S/C14H12N4O2/c1-9-13(17-16-10-5-2-3-6-11(10)19)18-8-4-7-12(20)14(18)15-9/h2-8,19-20H,1H3. The Kier molecular flexibility index (Phi) is 2.83. The van der Waals surface area contributed by atoms with Crippen LogP contribution in [0.1, 0.15) is 5.69 Å². The van der Waals surface area contributed by atoms with Crippen LogP contribution in [0.3, 0.4) is 0 Å². The van der Waals surface area contributed by atoms with Gasteiger partial charge in [0.25, 0.3) is 0 Å². The predicted molar refractivity (Wildman–Crippen MR) is 73.9 cm³/mol. The van der Waals surface area contributed by atoms with Crippen LogP contribution < -0.4 is 0 Å².